The predicted molar refractivity (Wildman–Crippen MR) is 94.6 cm³/mol. The minimum Gasteiger partial charge on any atom is -0.497 e. The standard InChI is InChI=1S/C17H18ClNO3S/c1-3-12-19(15-8-10-16(22-2)11-9-15)23(20,21)13-14-6-4-5-7-17(14)18/h3-11H,1,12-13H2,2H3. The molecule has 0 amide bonds. The molecule has 0 aromatic heterocycles. The van der Waals surface area contributed by atoms with Gasteiger partial charge in [0.15, 0.2) is 0 Å². The molecular weight excluding hydrogens is 334 g/mol. The van der Waals surface area contributed by atoms with Crippen LogP contribution < -0.4 is 9.04 Å². The highest BCUT2D eigenvalue weighted by molar-refractivity contribution is 7.92. The molecule has 122 valence electrons. The average Bonchev–Trinajstić information content (AvgIpc) is 2.54. The Labute approximate surface area is 142 Å². The Balaban J connectivity index is 2.34. The van der Waals surface area contributed by atoms with Crippen molar-refractivity contribution >= 4 is 27.3 Å². The van der Waals surface area contributed by atoms with E-state index in [2.05, 4.69) is 6.58 Å². The van der Waals surface area contributed by atoms with Crippen molar-refractivity contribution in [2.24, 2.45) is 0 Å². The van der Waals surface area contributed by atoms with Crippen molar-refractivity contribution in [3.8, 4) is 5.75 Å². The van der Waals surface area contributed by atoms with E-state index in [1.54, 1.807) is 61.7 Å². The van der Waals surface area contributed by atoms with Gasteiger partial charge in [-0.05, 0) is 35.9 Å². The van der Waals surface area contributed by atoms with E-state index in [9.17, 15) is 8.42 Å². The van der Waals surface area contributed by atoms with Crippen molar-refractivity contribution in [1.29, 1.82) is 0 Å². The monoisotopic (exact) mass is 351 g/mol. The Morgan fingerprint density at radius 1 is 1.17 bits per heavy atom. The Morgan fingerprint density at radius 3 is 2.39 bits per heavy atom. The van der Waals surface area contributed by atoms with Gasteiger partial charge < -0.3 is 4.74 Å². The second-order valence-electron chi connectivity index (χ2n) is 4.87. The molecule has 0 aliphatic carbocycles. The summed E-state index contributed by atoms with van der Waals surface area (Å²) >= 11 is 6.08. The molecular formula is C17H18ClNO3S. The molecule has 0 bridgehead atoms. The van der Waals surface area contributed by atoms with Gasteiger partial charge in [-0.15, -0.1) is 6.58 Å². The quantitative estimate of drug-likeness (QED) is 0.711. The van der Waals surface area contributed by atoms with Crippen LogP contribution in [0.4, 0.5) is 5.69 Å². The highest BCUT2D eigenvalue weighted by Gasteiger charge is 2.23. The molecule has 0 saturated heterocycles. The molecule has 0 N–H and O–H groups in total. The first kappa shape index (κ1) is 17.4. The Kier molecular flexibility index (Phi) is 5.69. The molecule has 0 aliphatic heterocycles. The van der Waals surface area contributed by atoms with Crippen LogP contribution in [0.3, 0.4) is 0 Å². The molecule has 2 rings (SSSR count). The van der Waals surface area contributed by atoms with E-state index in [4.69, 9.17) is 16.3 Å². The molecule has 0 radical (unpaired) electrons. The van der Waals surface area contributed by atoms with Gasteiger partial charge in [-0.2, -0.15) is 0 Å². The molecule has 2 aromatic carbocycles. The van der Waals surface area contributed by atoms with Crippen molar-refractivity contribution in [3.63, 3.8) is 0 Å². The van der Waals surface area contributed by atoms with Crippen LogP contribution in [-0.2, 0) is 15.8 Å². The summed E-state index contributed by atoms with van der Waals surface area (Å²) in [6, 6.07) is 13.8. The van der Waals surface area contributed by atoms with Crippen molar-refractivity contribution < 1.29 is 13.2 Å². The maximum Gasteiger partial charge on any atom is 0.239 e. The highest BCUT2D eigenvalue weighted by Crippen LogP contribution is 2.25. The van der Waals surface area contributed by atoms with Crippen LogP contribution in [0.5, 0.6) is 5.75 Å². The number of sulfonamides is 1. The number of rotatable bonds is 7. The van der Waals surface area contributed by atoms with Crippen molar-refractivity contribution in [2.75, 3.05) is 18.0 Å². The third kappa shape index (κ3) is 4.27. The normalized spacial score (nSPS) is 11.0. The average molecular weight is 352 g/mol. The van der Waals surface area contributed by atoms with E-state index in [1.165, 1.54) is 4.31 Å². The van der Waals surface area contributed by atoms with Gasteiger partial charge in [0.05, 0.1) is 25.1 Å². The summed E-state index contributed by atoms with van der Waals surface area (Å²) in [7, 11) is -2.04. The first-order valence-corrected chi connectivity index (χ1v) is 8.95. The van der Waals surface area contributed by atoms with Crippen LogP contribution in [0.25, 0.3) is 0 Å². The summed E-state index contributed by atoms with van der Waals surface area (Å²) in [5.74, 6) is 0.489. The summed E-state index contributed by atoms with van der Waals surface area (Å²) < 4.78 is 32.0. The number of hydrogen-bond donors (Lipinski definition) is 0. The second-order valence-corrected chi connectivity index (χ2v) is 7.17. The van der Waals surface area contributed by atoms with Crippen LogP contribution in [0.1, 0.15) is 5.56 Å². The number of anilines is 1. The van der Waals surface area contributed by atoms with Gasteiger partial charge in [-0.25, -0.2) is 8.42 Å². The van der Waals surface area contributed by atoms with Gasteiger partial charge in [-0.3, -0.25) is 4.31 Å². The van der Waals surface area contributed by atoms with Crippen molar-refractivity contribution in [1.82, 2.24) is 0 Å². The molecule has 0 fully saturated rings. The molecule has 2 aromatic rings. The highest BCUT2D eigenvalue weighted by atomic mass is 35.5. The molecule has 4 nitrogen and oxygen atoms in total. The molecule has 0 aliphatic rings. The summed E-state index contributed by atoms with van der Waals surface area (Å²) in [4.78, 5) is 0. The van der Waals surface area contributed by atoms with Crippen LogP contribution in [0, 0.1) is 0 Å². The number of halogens is 1. The summed E-state index contributed by atoms with van der Waals surface area (Å²) in [6.45, 7) is 3.82. The molecule has 0 unspecified atom stereocenters. The molecule has 0 spiro atoms. The maximum atomic E-state index is 12.8. The molecule has 0 heterocycles. The fourth-order valence-corrected chi connectivity index (χ4v) is 3.99. The van der Waals surface area contributed by atoms with E-state index < -0.39 is 10.0 Å². The molecule has 0 saturated carbocycles. The zero-order valence-corrected chi connectivity index (χ0v) is 14.3. The van der Waals surface area contributed by atoms with Crippen LogP contribution >= 0.6 is 11.6 Å². The number of methoxy groups -OCH3 is 1. The first-order chi connectivity index (χ1) is 11.0. The number of nitrogens with zero attached hydrogens (tertiary/aromatic N) is 1. The van der Waals surface area contributed by atoms with Gasteiger partial charge in [0.2, 0.25) is 10.0 Å². The topological polar surface area (TPSA) is 46.6 Å². The lowest BCUT2D eigenvalue weighted by molar-refractivity contribution is 0.415. The fraction of sp³-hybridized carbons (Fsp3) is 0.176. The minimum atomic E-state index is -3.60. The zero-order chi connectivity index (χ0) is 16.9. The van der Waals surface area contributed by atoms with Crippen molar-refractivity contribution in [2.45, 2.75) is 5.75 Å². The smallest absolute Gasteiger partial charge is 0.239 e. The third-order valence-corrected chi connectivity index (χ3v) is 5.36. The lowest BCUT2D eigenvalue weighted by Gasteiger charge is -2.23. The molecule has 0 atom stereocenters. The van der Waals surface area contributed by atoms with Crippen LogP contribution in [-0.4, -0.2) is 22.1 Å². The van der Waals surface area contributed by atoms with Gasteiger partial charge in [0, 0.05) is 5.02 Å². The van der Waals surface area contributed by atoms with E-state index in [0.717, 1.165) is 0 Å². The van der Waals surface area contributed by atoms with Gasteiger partial charge >= 0.3 is 0 Å². The Hall–Kier alpha value is -1.98. The number of hydrogen-bond acceptors (Lipinski definition) is 3. The lowest BCUT2D eigenvalue weighted by Crippen LogP contribution is -2.32. The summed E-state index contributed by atoms with van der Waals surface area (Å²) in [5, 5.41) is 0.435. The number of benzene rings is 2. The third-order valence-electron chi connectivity index (χ3n) is 3.29. The number of ether oxygens (including phenoxy) is 1. The van der Waals surface area contributed by atoms with Gasteiger partial charge in [0.1, 0.15) is 5.75 Å². The lowest BCUT2D eigenvalue weighted by atomic mass is 10.2. The summed E-state index contributed by atoms with van der Waals surface area (Å²) in [5.41, 5.74) is 1.12. The minimum absolute atomic E-state index is 0.174. The zero-order valence-electron chi connectivity index (χ0n) is 12.8. The largest absolute Gasteiger partial charge is 0.497 e. The molecule has 6 heteroatoms. The summed E-state index contributed by atoms with van der Waals surface area (Å²) in [6.07, 6.45) is 1.55. The van der Waals surface area contributed by atoms with Gasteiger partial charge in [-0.1, -0.05) is 35.9 Å². The van der Waals surface area contributed by atoms with Crippen molar-refractivity contribution in [3.05, 3.63) is 71.8 Å². The Morgan fingerprint density at radius 2 is 1.83 bits per heavy atom. The van der Waals surface area contributed by atoms with Crippen LogP contribution in [0.15, 0.2) is 61.2 Å². The van der Waals surface area contributed by atoms with Gasteiger partial charge in [0.25, 0.3) is 0 Å². The van der Waals surface area contributed by atoms with E-state index in [1.807, 2.05) is 0 Å². The second kappa shape index (κ2) is 7.53. The SMILES string of the molecule is C=CCN(c1ccc(OC)cc1)S(=O)(=O)Cc1ccccc1Cl. The molecule has 23 heavy (non-hydrogen) atoms. The van der Waals surface area contributed by atoms with E-state index in [0.29, 0.717) is 22.0 Å². The van der Waals surface area contributed by atoms with E-state index >= 15 is 0 Å². The predicted octanol–water partition coefficient (Wildman–Crippen LogP) is 3.87. The fourth-order valence-electron chi connectivity index (χ4n) is 2.14. The maximum absolute atomic E-state index is 12.8. The van der Waals surface area contributed by atoms with E-state index in [-0.39, 0.29) is 12.3 Å². The van der Waals surface area contributed by atoms with Crippen LogP contribution in [0.2, 0.25) is 5.02 Å². The first-order valence-electron chi connectivity index (χ1n) is 6.96. The Bertz CT molecular complexity index is 773.